The van der Waals surface area contributed by atoms with E-state index in [4.69, 9.17) is 0 Å². The van der Waals surface area contributed by atoms with E-state index < -0.39 is 13.7 Å². The van der Waals surface area contributed by atoms with Crippen molar-refractivity contribution in [1.29, 1.82) is 0 Å². The minimum Gasteiger partial charge on any atom is -0.205 e. The van der Waals surface area contributed by atoms with E-state index in [1.165, 1.54) is 15.9 Å². The molecule has 0 spiro atoms. The quantitative estimate of drug-likeness (QED) is 0.340. The molecule has 4 aromatic rings. The van der Waals surface area contributed by atoms with Crippen molar-refractivity contribution < 1.29 is 8.78 Å². The summed E-state index contributed by atoms with van der Waals surface area (Å²) in [6.45, 7) is 0. The fourth-order valence-electron chi connectivity index (χ4n) is 3.81. The number of halogens is 2. The Labute approximate surface area is 171 Å². The molecular formula is C26H22F2P+. The van der Waals surface area contributed by atoms with Crippen molar-refractivity contribution in [1.82, 2.24) is 0 Å². The van der Waals surface area contributed by atoms with Crippen LogP contribution in [0.3, 0.4) is 0 Å². The fraction of sp³-hybridized carbons (Fsp3) is 0.0769. The molecule has 0 amide bonds. The summed E-state index contributed by atoms with van der Waals surface area (Å²) in [6.07, 6.45) is -1.66. The molecule has 0 nitrogen and oxygen atoms in total. The number of alkyl halides is 2. The van der Waals surface area contributed by atoms with Gasteiger partial charge in [0.2, 0.25) is 0 Å². The van der Waals surface area contributed by atoms with Crippen LogP contribution in [0.4, 0.5) is 8.78 Å². The Hall–Kier alpha value is -2.83. The van der Waals surface area contributed by atoms with Crippen LogP contribution < -0.4 is 15.9 Å². The Balaban J connectivity index is 1.92. The van der Waals surface area contributed by atoms with Crippen molar-refractivity contribution in [3.63, 3.8) is 0 Å². The third-order valence-corrected chi connectivity index (χ3v) is 9.62. The number of hydrogen-bond donors (Lipinski definition) is 0. The van der Waals surface area contributed by atoms with E-state index in [0.717, 1.165) is 11.7 Å². The van der Waals surface area contributed by atoms with Gasteiger partial charge in [0.1, 0.15) is 23.2 Å². The molecule has 0 fully saturated rings. The highest BCUT2D eigenvalue weighted by molar-refractivity contribution is 7.95. The van der Waals surface area contributed by atoms with Crippen molar-refractivity contribution >= 4 is 23.2 Å². The van der Waals surface area contributed by atoms with Crippen molar-refractivity contribution in [2.75, 3.05) is 0 Å². The monoisotopic (exact) mass is 403 g/mol. The zero-order chi connectivity index (χ0) is 20.1. The summed E-state index contributed by atoms with van der Waals surface area (Å²) in [5.74, 6) is 0. The molecular weight excluding hydrogens is 381 g/mol. The van der Waals surface area contributed by atoms with E-state index >= 15 is 0 Å². The second-order valence-corrected chi connectivity index (χ2v) is 10.5. The van der Waals surface area contributed by atoms with Crippen molar-refractivity contribution in [3.8, 4) is 0 Å². The molecule has 0 aromatic heterocycles. The smallest absolute Gasteiger partial charge is 0.205 e. The zero-order valence-electron chi connectivity index (χ0n) is 16.0. The summed E-state index contributed by atoms with van der Waals surface area (Å²) in [4.78, 5) is 0. The van der Waals surface area contributed by atoms with Gasteiger partial charge in [-0.05, 0) is 42.0 Å². The highest BCUT2D eigenvalue weighted by Crippen LogP contribution is 2.58. The summed E-state index contributed by atoms with van der Waals surface area (Å²) in [5, 5.41) is 3.86. The van der Waals surface area contributed by atoms with Gasteiger partial charge in [0, 0.05) is 5.56 Å². The SMILES string of the molecule is FC(F)c1ccc(C[P+](c2ccccc2)(c2ccccc2)c2ccccc2)cc1. The van der Waals surface area contributed by atoms with Gasteiger partial charge in [-0.2, -0.15) is 0 Å². The van der Waals surface area contributed by atoms with Crippen LogP contribution in [-0.4, -0.2) is 0 Å². The molecule has 0 N–H and O–H groups in total. The van der Waals surface area contributed by atoms with Gasteiger partial charge in [-0.1, -0.05) is 78.9 Å². The van der Waals surface area contributed by atoms with Crippen molar-refractivity contribution in [2.24, 2.45) is 0 Å². The van der Waals surface area contributed by atoms with Gasteiger partial charge in [-0.15, -0.1) is 0 Å². The van der Waals surface area contributed by atoms with E-state index in [1.54, 1.807) is 12.1 Å². The molecule has 4 rings (SSSR count). The first-order chi connectivity index (χ1) is 14.2. The fourth-order valence-corrected chi connectivity index (χ4v) is 8.05. The first-order valence-electron chi connectivity index (χ1n) is 9.62. The Morgan fingerprint density at radius 2 is 0.897 bits per heavy atom. The number of rotatable bonds is 6. The van der Waals surface area contributed by atoms with Crippen molar-refractivity contribution in [3.05, 3.63) is 126 Å². The van der Waals surface area contributed by atoms with Gasteiger partial charge in [0.25, 0.3) is 6.43 Å². The molecule has 0 aliphatic carbocycles. The predicted molar refractivity (Wildman–Crippen MR) is 120 cm³/mol. The van der Waals surface area contributed by atoms with Gasteiger partial charge < -0.3 is 0 Å². The zero-order valence-corrected chi connectivity index (χ0v) is 16.9. The molecule has 4 aromatic carbocycles. The Morgan fingerprint density at radius 3 is 1.24 bits per heavy atom. The van der Waals surface area contributed by atoms with E-state index in [2.05, 4.69) is 72.8 Å². The van der Waals surface area contributed by atoms with Crippen LogP contribution in [0.15, 0.2) is 115 Å². The largest absolute Gasteiger partial charge is 0.263 e. The van der Waals surface area contributed by atoms with Crippen LogP contribution in [0.25, 0.3) is 0 Å². The minimum atomic E-state index is -2.44. The third kappa shape index (κ3) is 3.99. The molecule has 29 heavy (non-hydrogen) atoms. The average Bonchev–Trinajstić information content (AvgIpc) is 2.79. The van der Waals surface area contributed by atoms with Crippen LogP contribution in [0.1, 0.15) is 17.6 Å². The lowest BCUT2D eigenvalue weighted by atomic mass is 10.2. The molecule has 0 radical (unpaired) electrons. The first-order valence-corrected chi connectivity index (χ1v) is 11.6. The Bertz CT molecular complexity index is 934. The van der Waals surface area contributed by atoms with Gasteiger partial charge in [0.05, 0.1) is 6.16 Å². The third-order valence-electron chi connectivity index (χ3n) is 5.24. The summed E-state index contributed by atoms with van der Waals surface area (Å²) < 4.78 is 26.1. The second-order valence-electron chi connectivity index (χ2n) is 7.02. The first kappa shape index (κ1) is 19.5. The molecule has 0 heterocycles. The molecule has 0 aliphatic rings. The Kier molecular flexibility index (Phi) is 5.83. The molecule has 0 atom stereocenters. The number of hydrogen-bond acceptors (Lipinski definition) is 0. The van der Waals surface area contributed by atoms with Crippen LogP contribution >= 0.6 is 7.26 Å². The maximum absolute atomic E-state index is 13.0. The molecule has 0 bridgehead atoms. The molecule has 0 unspecified atom stereocenters. The van der Waals surface area contributed by atoms with Crippen LogP contribution in [0.2, 0.25) is 0 Å². The van der Waals surface area contributed by atoms with E-state index in [9.17, 15) is 8.78 Å². The van der Waals surface area contributed by atoms with Crippen LogP contribution in [0, 0.1) is 0 Å². The van der Waals surface area contributed by atoms with E-state index in [1.807, 2.05) is 30.3 Å². The maximum atomic E-state index is 13.0. The topological polar surface area (TPSA) is 0 Å². The summed E-state index contributed by atoms with van der Waals surface area (Å²) in [5.41, 5.74) is 1.14. The normalized spacial score (nSPS) is 11.6. The summed E-state index contributed by atoms with van der Waals surface area (Å²) in [6, 6.07) is 38.6. The molecule has 3 heteroatoms. The summed E-state index contributed by atoms with van der Waals surface area (Å²) >= 11 is 0. The highest BCUT2D eigenvalue weighted by Gasteiger charge is 2.45. The molecule has 0 saturated heterocycles. The van der Waals surface area contributed by atoms with E-state index in [0.29, 0.717) is 0 Å². The average molecular weight is 403 g/mol. The van der Waals surface area contributed by atoms with E-state index in [-0.39, 0.29) is 5.56 Å². The lowest BCUT2D eigenvalue weighted by Crippen LogP contribution is -2.32. The number of benzene rings is 4. The molecule has 144 valence electrons. The standard InChI is InChI=1S/C26H22F2P/c27-26(28)22-18-16-21(17-19-22)20-29(23-10-4-1-5-11-23,24-12-6-2-7-13-24)25-14-8-3-9-15-25/h1-19,26H,20H2/q+1. The van der Waals surface area contributed by atoms with Gasteiger partial charge in [-0.25, -0.2) is 8.78 Å². The lowest BCUT2D eigenvalue weighted by molar-refractivity contribution is 0.151. The second kappa shape index (κ2) is 8.68. The van der Waals surface area contributed by atoms with Crippen LogP contribution in [-0.2, 0) is 6.16 Å². The predicted octanol–water partition coefficient (Wildman–Crippen LogP) is 6.12. The van der Waals surface area contributed by atoms with Gasteiger partial charge in [0.15, 0.2) is 0 Å². The molecule has 0 aliphatic heterocycles. The van der Waals surface area contributed by atoms with Crippen LogP contribution in [0.5, 0.6) is 0 Å². The Morgan fingerprint density at radius 1 is 0.517 bits per heavy atom. The van der Waals surface area contributed by atoms with Crippen molar-refractivity contribution in [2.45, 2.75) is 12.6 Å². The maximum Gasteiger partial charge on any atom is 0.263 e. The minimum absolute atomic E-state index is 0.0665. The van der Waals surface area contributed by atoms with Gasteiger partial charge >= 0.3 is 0 Å². The highest BCUT2D eigenvalue weighted by atomic mass is 31.2. The van der Waals surface area contributed by atoms with Gasteiger partial charge in [-0.3, -0.25) is 0 Å². The molecule has 0 saturated carbocycles. The summed E-state index contributed by atoms with van der Waals surface area (Å²) in [7, 11) is -2.00. The lowest BCUT2D eigenvalue weighted by Gasteiger charge is -2.28.